The average molecular weight is 273 g/mol. The first-order chi connectivity index (χ1) is 9.11. The molecule has 1 amide bonds. The van der Waals surface area contributed by atoms with E-state index in [1.165, 1.54) is 24.3 Å². The summed E-state index contributed by atoms with van der Waals surface area (Å²) in [5.41, 5.74) is 0.961. The summed E-state index contributed by atoms with van der Waals surface area (Å²) in [6.45, 7) is 0. The third-order valence-electron chi connectivity index (χ3n) is 2.50. The van der Waals surface area contributed by atoms with Crippen molar-refractivity contribution in [2.75, 3.05) is 5.32 Å². The van der Waals surface area contributed by atoms with Gasteiger partial charge in [-0.25, -0.2) is 0 Å². The number of amides is 1. The topological polar surface area (TPSA) is 73.1 Å². The van der Waals surface area contributed by atoms with Crippen molar-refractivity contribution < 1.29 is 9.90 Å². The SMILES string of the molecule is N#Cc1ccc(NC(=O)c2ccccc2O)cc1Cl. The summed E-state index contributed by atoms with van der Waals surface area (Å²) in [4.78, 5) is 11.9. The van der Waals surface area contributed by atoms with Gasteiger partial charge in [0, 0.05) is 5.69 Å². The lowest BCUT2D eigenvalue weighted by molar-refractivity contribution is 0.102. The van der Waals surface area contributed by atoms with E-state index < -0.39 is 5.91 Å². The van der Waals surface area contributed by atoms with Gasteiger partial charge in [-0.15, -0.1) is 0 Å². The molecule has 4 nitrogen and oxygen atoms in total. The minimum atomic E-state index is -0.445. The van der Waals surface area contributed by atoms with Crippen LogP contribution < -0.4 is 5.32 Å². The third-order valence-corrected chi connectivity index (χ3v) is 2.81. The number of carbonyl (C=O) groups is 1. The van der Waals surface area contributed by atoms with Gasteiger partial charge in [0.1, 0.15) is 11.8 Å². The molecule has 0 saturated carbocycles. The Morgan fingerprint density at radius 1 is 1.26 bits per heavy atom. The summed E-state index contributed by atoms with van der Waals surface area (Å²) in [6, 6.07) is 12.7. The lowest BCUT2D eigenvalue weighted by atomic mass is 10.1. The number of hydrogen-bond acceptors (Lipinski definition) is 3. The minimum absolute atomic E-state index is 0.0975. The normalized spacial score (nSPS) is 9.68. The largest absolute Gasteiger partial charge is 0.507 e. The molecular weight excluding hydrogens is 264 g/mol. The van der Waals surface area contributed by atoms with Crippen molar-refractivity contribution in [3.8, 4) is 11.8 Å². The number of nitrogens with zero attached hydrogens (tertiary/aromatic N) is 1. The van der Waals surface area contributed by atoms with E-state index in [9.17, 15) is 9.90 Å². The second-order valence-electron chi connectivity index (χ2n) is 3.78. The first-order valence-corrected chi connectivity index (χ1v) is 5.78. The summed E-state index contributed by atoms with van der Waals surface area (Å²) in [7, 11) is 0. The molecule has 0 heterocycles. The van der Waals surface area contributed by atoms with Crippen LogP contribution >= 0.6 is 11.6 Å². The number of hydrogen-bond donors (Lipinski definition) is 2. The predicted molar refractivity (Wildman–Crippen MR) is 72.2 cm³/mol. The highest BCUT2D eigenvalue weighted by Crippen LogP contribution is 2.22. The van der Waals surface area contributed by atoms with Gasteiger partial charge in [0.2, 0.25) is 0 Å². The van der Waals surface area contributed by atoms with E-state index in [1.54, 1.807) is 18.2 Å². The van der Waals surface area contributed by atoms with Crippen molar-refractivity contribution >= 4 is 23.2 Å². The zero-order valence-electron chi connectivity index (χ0n) is 9.72. The van der Waals surface area contributed by atoms with Gasteiger partial charge < -0.3 is 10.4 Å². The number of nitriles is 1. The Bertz CT molecular complexity index is 677. The highest BCUT2D eigenvalue weighted by molar-refractivity contribution is 6.32. The molecule has 2 aromatic rings. The molecule has 0 aliphatic carbocycles. The molecule has 0 atom stereocenters. The third kappa shape index (κ3) is 2.84. The zero-order chi connectivity index (χ0) is 13.8. The molecule has 0 unspecified atom stereocenters. The first-order valence-electron chi connectivity index (χ1n) is 5.41. The highest BCUT2D eigenvalue weighted by Gasteiger charge is 2.11. The van der Waals surface area contributed by atoms with Crippen molar-refractivity contribution in [3.05, 3.63) is 58.6 Å². The van der Waals surface area contributed by atoms with Crippen molar-refractivity contribution in [1.29, 1.82) is 5.26 Å². The molecule has 0 radical (unpaired) electrons. The number of halogens is 1. The number of phenolic OH excluding ortho intramolecular Hbond substituents is 1. The van der Waals surface area contributed by atoms with Crippen LogP contribution in [0.25, 0.3) is 0 Å². The molecular formula is C14H9ClN2O2. The van der Waals surface area contributed by atoms with E-state index in [2.05, 4.69) is 5.32 Å². The standard InChI is InChI=1S/C14H9ClN2O2/c15-12-7-10(6-5-9(12)8-16)17-14(19)11-3-1-2-4-13(11)18/h1-7,18H,(H,17,19). The monoisotopic (exact) mass is 272 g/mol. The van der Waals surface area contributed by atoms with Crippen molar-refractivity contribution in [1.82, 2.24) is 0 Å². The van der Waals surface area contributed by atoms with Crippen LogP contribution in [0.1, 0.15) is 15.9 Å². The van der Waals surface area contributed by atoms with Crippen molar-refractivity contribution in [2.45, 2.75) is 0 Å². The molecule has 2 aromatic carbocycles. The summed E-state index contributed by atoms with van der Waals surface area (Å²) in [5.74, 6) is -0.543. The Kier molecular flexibility index (Phi) is 3.69. The fraction of sp³-hybridized carbons (Fsp3) is 0. The molecule has 0 saturated heterocycles. The summed E-state index contributed by atoms with van der Waals surface area (Å²) in [6.07, 6.45) is 0. The quantitative estimate of drug-likeness (QED) is 0.882. The number of anilines is 1. The lowest BCUT2D eigenvalue weighted by Gasteiger charge is -2.07. The summed E-state index contributed by atoms with van der Waals surface area (Å²) >= 11 is 5.87. The Morgan fingerprint density at radius 3 is 2.63 bits per heavy atom. The van der Waals surface area contributed by atoms with Crippen LogP contribution in [0.3, 0.4) is 0 Å². The molecule has 0 aliphatic heterocycles. The number of para-hydroxylation sites is 1. The van der Waals surface area contributed by atoms with E-state index >= 15 is 0 Å². The molecule has 5 heteroatoms. The zero-order valence-corrected chi connectivity index (χ0v) is 10.5. The van der Waals surface area contributed by atoms with Crippen molar-refractivity contribution in [3.63, 3.8) is 0 Å². The van der Waals surface area contributed by atoms with Gasteiger partial charge in [-0.05, 0) is 30.3 Å². The summed E-state index contributed by atoms with van der Waals surface area (Å²) in [5, 5.41) is 21.2. The number of carbonyl (C=O) groups excluding carboxylic acids is 1. The number of aromatic hydroxyl groups is 1. The van der Waals surface area contributed by atoms with Crippen LogP contribution in [0.2, 0.25) is 5.02 Å². The maximum Gasteiger partial charge on any atom is 0.259 e. The second kappa shape index (κ2) is 5.42. The molecule has 0 aliphatic rings. The van der Waals surface area contributed by atoms with Gasteiger partial charge in [0.25, 0.3) is 5.91 Å². The number of benzene rings is 2. The number of phenols is 1. The molecule has 19 heavy (non-hydrogen) atoms. The second-order valence-corrected chi connectivity index (χ2v) is 4.18. The van der Waals surface area contributed by atoms with Crippen LogP contribution in [0, 0.1) is 11.3 Å². The summed E-state index contributed by atoms with van der Waals surface area (Å²) < 4.78 is 0. The highest BCUT2D eigenvalue weighted by atomic mass is 35.5. The average Bonchev–Trinajstić information content (AvgIpc) is 2.39. The van der Waals surface area contributed by atoms with E-state index in [1.807, 2.05) is 6.07 Å². The van der Waals surface area contributed by atoms with Gasteiger partial charge >= 0.3 is 0 Å². The van der Waals surface area contributed by atoms with Gasteiger partial charge in [-0.3, -0.25) is 4.79 Å². The fourth-order valence-corrected chi connectivity index (χ4v) is 1.77. The molecule has 2 N–H and O–H groups in total. The lowest BCUT2D eigenvalue weighted by Crippen LogP contribution is -2.12. The maximum atomic E-state index is 11.9. The molecule has 2 rings (SSSR count). The predicted octanol–water partition coefficient (Wildman–Crippen LogP) is 3.17. The molecule has 0 spiro atoms. The van der Waals surface area contributed by atoms with E-state index in [0.29, 0.717) is 11.3 Å². The van der Waals surface area contributed by atoms with Gasteiger partial charge in [-0.2, -0.15) is 5.26 Å². The van der Waals surface area contributed by atoms with E-state index in [-0.39, 0.29) is 16.3 Å². The molecule has 94 valence electrons. The van der Waals surface area contributed by atoms with Gasteiger partial charge in [0.15, 0.2) is 0 Å². The van der Waals surface area contributed by atoms with Crippen LogP contribution in [-0.4, -0.2) is 11.0 Å². The molecule has 0 aromatic heterocycles. The van der Waals surface area contributed by atoms with Gasteiger partial charge in [-0.1, -0.05) is 23.7 Å². The minimum Gasteiger partial charge on any atom is -0.507 e. The Hall–Kier alpha value is -2.51. The number of nitrogens with one attached hydrogen (secondary N) is 1. The number of rotatable bonds is 2. The van der Waals surface area contributed by atoms with Gasteiger partial charge in [0.05, 0.1) is 16.1 Å². The smallest absolute Gasteiger partial charge is 0.259 e. The Labute approximate surface area is 114 Å². The fourth-order valence-electron chi connectivity index (χ4n) is 1.55. The first kappa shape index (κ1) is 12.9. The van der Waals surface area contributed by atoms with Crippen LogP contribution in [0.15, 0.2) is 42.5 Å². The van der Waals surface area contributed by atoms with E-state index in [0.717, 1.165) is 0 Å². The van der Waals surface area contributed by atoms with Crippen molar-refractivity contribution in [2.24, 2.45) is 0 Å². The van der Waals surface area contributed by atoms with Crippen LogP contribution in [0.5, 0.6) is 5.75 Å². The maximum absolute atomic E-state index is 11.9. The molecule has 0 fully saturated rings. The van der Waals surface area contributed by atoms with Crippen LogP contribution in [0.4, 0.5) is 5.69 Å². The van der Waals surface area contributed by atoms with Crippen LogP contribution in [-0.2, 0) is 0 Å². The Morgan fingerprint density at radius 2 is 2.00 bits per heavy atom. The Balaban J connectivity index is 2.23. The van der Waals surface area contributed by atoms with E-state index in [4.69, 9.17) is 16.9 Å². The molecule has 0 bridgehead atoms.